The fraction of sp³-hybridized carbons (Fsp3) is 0.455. The number of hydrogen-bond acceptors (Lipinski definition) is 3. The van der Waals surface area contributed by atoms with E-state index in [9.17, 15) is 0 Å². The molecule has 1 aromatic rings. The molecule has 0 aromatic heterocycles. The number of nitrogens with zero attached hydrogens (tertiary/aromatic N) is 1. The molecule has 1 heterocycles. The number of hydrogen-bond donors (Lipinski definition) is 0. The van der Waals surface area contributed by atoms with Crippen LogP contribution in [0.25, 0.3) is 0 Å². The van der Waals surface area contributed by atoms with Crippen LogP contribution in [0.15, 0.2) is 18.2 Å². The molecule has 4 heteroatoms. The molecule has 0 fully saturated rings. The van der Waals surface area contributed by atoms with Gasteiger partial charge in [0.25, 0.3) is 0 Å². The Morgan fingerprint density at radius 1 is 1.53 bits per heavy atom. The molecule has 0 radical (unpaired) electrons. The first-order valence-corrected chi connectivity index (χ1v) is 5.51. The second-order valence-electron chi connectivity index (χ2n) is 3.33. The van der Waals surface area contributed by atoms with Gasteiger partial charge in [-0.15, -0.1) is 11.6 Å². The molecule has 0 bridgehead atoms. The minimum atomic E-state index is 0.622. The van der Waals surface area contributed by atoms with Gasteiger partial charge in [0, 0.05) is 12.4 Å². The van der Waals surface area contributed by atoms with Crippen molar-refractivity contribution in [1.82, 2.24) is 0 Å². The van der Waals surface area contributed by atoms with Gasteiger partial charge in [0.15, 0.2) is 11.5 Å². The smallest absolute Gasteiger partial charge is 0.184 e. The number of methoxy groups -OCH3 is 1. The third-order valence-corrected chi connectivity index (χ3v) is 2.65. The van der Waals surface area contributed by atoms with Crippen LogP contribution in [0.5, 0.6) is 11.5 Å². The molecule has 0 atom stereocenters. The Bertz CT molecular complexity index is 343. The molecule has 0 N–H and O–H groups in total. The Balaban J connectivity index is 2.35. The van der Waals surface area contributed by atoms with Crippen LogP contribution < -0.4 is 14.4 Å². The average molecular weight is 228 g/mol. The summed E-state index contributed by atoms with van der Waals surface area (Å²) >= 11 is 5.76. The van der Waals surface area contributed by atoms with Gasteiger partial charge >= 0.3 is 0 Å². The molecule has 15 heavy (non-hydrogen) atoms. The topological polar surface area (TPSA) is 21.7 Å². The highest BCUT2D eigenvalue weighted by molar-refractivity contribution is 6.18. The van der Waals surface area contributed by atoms with E-state index in [2.05, 4.69) is 4.90 Å². The Labute approximate surface area is 94.5 Å². The van der Waals surface area contributed by atoms with Gasteiger partial charge in [-0.2, -0.15) is 0 Å². The van der Waals surface area contributed by atoms with Crippen molar-refractivity contribution < 1.29 is 9.47 Å². The van der Waals surface area contributed by atoms with Gasteiger partial charge in [-0.1, -0.05) is 6.07 Å². The van der Waals surface area contributed by atoms with E-state index in [-0.39, 0.29) is 0 Å². The number of halogens is 1. The maximum absolute atomic E-state index is 5.76. The highest BCUT2D eigenvalue weighted by atomic mass is 35.5. The maximum Gasteiger partial charge on any atom is 0.184 e. The van der Waals surface area contributed by atoms with Crippen molar-refractivity contribution in [2.45, 2.75) is 0 Å². The van der Waals surface area contributed by atoms with Crippen molar-refractivity contribution >= 4 is 17.3 Å². The average Bonchev–Trinajstić information content (AvgIpc) is 2.29. The van der Waals surface area contributed by atoms with Gasteiger partial charge < -0.3 is 14.4 Å². The van der Waals surface area contributed by atoms with Crippen molar-refractivity contribution in [1.29, 1.82) is 0 Å². The van der Waals surface area contributed by atoms with Crippen molar-refractivity contribution in [3.63, 3.8) is 0 Å². The lowest BCUT2D eigenvalue weighted by atomic mass is 10.2. The number of rotatable bonds is 3. The third kappa shape index (κ3) is 1.97. The van der Waals surface area contributed by atoms with E-state index in [1.165, 1.54) is 0 Å². The second-order valence-corrected chi connectivity index (χ2v) is 3.71. The number of alkyl halides is 1. The van der Waals surface area contributed by atoms with Gasteiger partial charge in [0.2, 0.25) is 0 Å². The van der Waals surface area contributed by atoms with Gasteiger partial charge in [0.05, 0.1) is 19.3 Å². The summed E-state index contributed by atoms with van der Waals surface area (Å²) in [5.74, 6) is 2.24. The second kappa shape index (κ2) is 4.62. The largest absolute Gasteiger partial charge is 0.493 e. The quantitative estimate of drug-likeness (QED) is 0.739. The standard InChI is InChI=1S/C11H14ClNO2/c1-14-10-4-2-3-9-11(10)15-8-7-13(9)6-5-12/h2-4H,5-8H2,1H3. The van der Waals surface area contributed by atoms with Crippen molar-refractivity contribution in [2.24, 2.45) is 0 Å². The zero-order valence-electron chi connectivity index (χ0n) is 8.70. The molecule has 0 aliphatic carbocycles. The Hall–Kier alpha value is -1.09. The van der Waals surface area contributed by atoms with Crippen LogP contribution in [-0.2, 0) is 0 Å². The van der Waals surface area contributed by atoms with Crippen molar-refractivity contribution in [3.8, 4) is 11.5 Å². The molecule has 0 amide bonds. The summed E-state index contributed by atoms with van der Waals surface area (Å²) in [5.41, 5.74) is 1.07. The molecule has 0 saturated heterocycles. The van der Waals surface area contributed by atoms with Gasteiger partial charge in [0.1, 0.15) is 6.61 Å². The van der Waals surface area contributed by atoms with E-state index in [0.29, 0.717) is 12.5 Å². The summed E-state index contributed by atoms with van der Waals surface area (Å²) in [5, 5.41) is 0. The number of fused-ring (bicyclic) bond motifs is 1. The highest BCUT2D eigenvalue weighted by Crippen LogP contribution is 2.39. The molecule has 1 aliphatic heterocycles. The summed E-state index contributed by atoms with van der Waals surface area (Å²) < 4.78 is 10.9. The summed E-state index contributed by atoms with van der Waals surface area (Å²) in [6, 6.07) is 5.90. The van der Waals surface area contributed by atoms with Crippen LogP contribution in [0.1, 0.15) is 0 Å². The number of para-hydroxylation sites is 1. The van der Waals surface area contributed by atoms with Crippen LogP contribution in [0.3, 0.4) is 0 Å². The van der Waals surface area contributed by atoms with E-state index in [1.54, 1.807) is 7.11 Å². The van der Waals surface area contributed by atoms with E-state index in [4.69, 9.17) is 21.1 Å². The first kappa shape index (κ1) is 10.4. The summed E-state index contributed by atoms with van der Waals surface area (Å²) in [6.07, 6.45) is 0. The van der Waals surface area contributed by atoms with Gasteiger partial charge in [-0.25, -0.2) is 0 Å². The van der Waals surface area contributed by atoms with Crippen LogP contribution in [0, 0.1) is 0 Å². The fourth-order valence-corrected chi connectivity index (χ4v) is 1.98. The molecule has 0 spiro atoms. The molecule has 2 rings (SSSR count). The van der Waals surface area contributed by atoms with Crippen LogP contribution in [0.4, 0.5) is 5.69 Å². The summed E-state index contributed by atoms with van der Waals surface area (Å²) in [7, 11) is 1.65. The predicted octanol–water partition coefficient (Wildman–Crippen LogP) is 2.13. The molecule has 82 valence electrons. The number of anilines is 1. The Morgan fingerprint density at radius 3 is 3.13 bits per heavy atom. The van der Waals surface area contributed by atoms with Crippen LogP contribution in [0.2, 0.25) is 0 Å². The minimum absolute atomic E-state index is 0.622. The Morgan fingerprint density at radius 2 is 2.40 bits per heavy atom. The fourth-order valence-electron chi connectivity index (χ4n) is 1.77. The van der Waals surface area contributed by atoms with E-state index >= 15 is 0 Å². The SMILES string of the molecule is COc1cccc2c1OCCN2CCCl. The zero-order valence-corrected chi connectivity index (χ0v) is 9.46. The third-order valence-electron chi connectivity index (χ3n) is 2.48. The lowest BCUT2D eigenvalue weighted by Crippen LogP contribution is -2.34. The van der Waals surface area contributed by atoms with Gasteiger partial charge in [-0.05, 0) is 12.1 Å². The first-order chi connectivity index (χ1) is 7.36. The predicted molar refractivity (Wildman–Crippen MR) is 61.4 cm³/mol. The highest BCUT2D eigenvalue weighted by Gasteiger charge is 2.20. The van der Waals surface area contributed by atoms with E-state index in [1.807, 2.05) is 18.2 Å². The molecular weight excluding hydrogens is 214 g/mol. The summed E-state index contributed by atoms with van der Waals surface area (Å²) in [4.78, 5) is 2.22. The summed E-state index contributed by atoms with van der Waals surface area (Å²) in [6.45, 7) is 2.40. The normalized spacial score (nSPS) is 14.4. The van der Waals surface area contributed by atoms with Crippen LogP contribution in [-0.4, -0.2) is 32.7 Å². The molecule has 0 unspecified atom stereocenters. The van der Waals surface area contributed by atoms with Crippen molar-refractivity contribution in [3.05, 3.63) is 18.2 Å². The molecule has 3 nitrogen and oxygen atoms in total. The molecular formula is C11H14ClNO2. The van der Waals surface area contributed by atoms with E-state index < -0.39 is 0 Å². The van der Waals surface area contributed by atoms with E-state index in [0.717, 1.165) is 30.3 Å². The Kier molecular flexibility index (Phi) is 3.21. The number of benzene rings is 1. The zero-order chi connectivity index (χ0) is 10.7. The lowest BCUT2D eigenvalue weighted by Gasteiger charge is -2.31. The van der Waals surface area contributed by atoms with Crippen LogP contribution >= 0.6 is 11.6 Å². The number of ether oxygens (including phenoxy) is 2. The lowest BCUT2D eigenvalue weighted by molar-refractivity contribution is 0.286. The first-order valence-electron chi connectivity index (χ1n) is 4.97. The molecule has 0 saturated carbocycles. The molecule has 1 aliphatic rings. The van der Waals surface area contributed by atoms with Crippen molar-refractivity contribution in [2.75, 3.05) is 37.6 Å². The van der Waals surface area contributed by atoms with Gasteiger partial charge in [-0.3, -0.25) is 0 Å². The minimum Gasteiger partial charge on any atom is -0.493 e. The monoisotopic (exact) mass is 227 g/mol. The molecule has 1 aromatic carbocycles. The maximum atomic E-state index is 5.76.